The summed E-state index contributed by atoms with van der Waals surface area (Å²) in [5.74, 6) is 0.311. The van der Waals surface area contributed by atoms with Crippen molar-refractivity contribution in [3.63, 3.8) is 0 Å². The van der Waals surface area contributed by atoms with Crippen LogP contribution in [0.25, 0.3) is 66.8 Å². The molecule has 0 saturated carbocycles. The molecule has 0 atom stereocenters. The number of nitrogens with one attached hydrogen (secondary N) is 1. The molecule has 0 radical (unpaired) electrons. The molecule has 6 heteroatoms. The number of hydrogen-bond donors (Lipinski definition) is 3. The molecule has 0 aliphatic rings. The number of nitrogens with zero attached hydrogens (tertiary/aromatic N) is 3. The first-order valence-corrected chi connectivity index (χ1v) is 15.9. The molecule has 7 aromatic rings. The van der Waals surface area contributed by atoms with Crippen molar-refractivity contribution in [1.29, 1.82) is 0 Å². The third-order valence-corrected chi connectivity index (χ3v) is 8.85. The lowest BCUT2D eigenvalue weighted by Gasteiger charge is -2.22. The normalized spacial score (nSPS) is 12.2. The SMILES string of the molecule is CC(C)(C)c1cc(-c2ccccn2)c(O)c(-c2ccc3ccc4ccc(-c5cc(C(C)(C)C)cc(-c6ccc[nH]6)c5O)nc4c3n2)c1. The molecule has 0 bridgehead atoms. The number of rotatable bonds is 4. The number of pyridine rings is 3. The number of aromatic hydroxyl groups is 2. The molecule has 0 spiro atoms. The summed E-state index contributed by atoms with van der Waals surface area (Å²) in [7, 11) is 0. The van der Waals surface area contributed by atoms with Gasteiger partial charge in [0.25, 0.3) is 0 Å². The number of fused-ring (bicyclic) bond motifs is 3. The van der Waals surface area contributed by atoms with Crippen LogP contribution in [0, 0.1) is 0 Å². The van der Waals surface area contributed by atoms with Gasteiger partial charge in [-0.05, 0) is 82.6 Å². The zero-order valence-electron chi connectivity index (χ0n) is 27.6. The summed E-state index contributed by atoms with van der Waals surface area (Å²) in [5.41, 5.74) is 8.82. The van der Waals surface area contributed by atoms with Crippen LogP contribution in [0.2, 0.25) is 0 Å². The van der Waals surface area contributed by atoms with Gasteiger partial charge in [0.1, 0.15) is 11.5 Å². The van der Waals surface area contributed by atoms with Crippen molar-refractivity contribution in [2.45, 2.75) is 52.4 Å². The van der Waals surface area contributed by atoms with Crippen LogP contribution in [-0.4, -0.2) is 30.1 Å². The molecule has 0 fully saturated rings. The Balaban J connectivity index is 1.45. The summed E-state index contributed by atoms with van der Waals surface area (Å²) in [4.78, 5) is 18.1. The Morgan fingerprint density at radius 2 is 1.02 bits per heavy atom. The van der Waals surface area contributed by atoms with Crippen LogP contribution in [0.15, 0.2) is 103 Å². The quantitative estimate of drug-likeness (QED) is 0.171. The average Bonchev–Trinajstić information content (AvgIpc) is 3.59. The number of aromatic amines is 1. The van der Waals surface area contributed by atoms with Crippen LogP contribution in [0.5, 0.6) is 11.5 Å². The second-order valence-corrected chi connectivity index (χ2v) is 14.2. The predicted molar refractivity (Wildman–Crippen MR) is 192 cm³/mol. The van der Waals surface area contributed by atoms with Crippen molar-refractivity contribution in [1.82, 2.24) is 19.9 Å². The highest BCUT2D eigenvalue weighted by Gasteiger charge is 2.23. The molecule has 47 heavy (non-hydrogen) atoms. The maximum absolute atomic E-state index is 11.7. The van der Waals surface area contributed by atoms with Gasteiger partial charge in [-0.15, -0.1) is 0 Å². The van der Waals surface area contributed by atoms with E-state index < -0.39 is 0 Å². The van der Waals surface area contributed by atoms with E-state index in [0.717, 1.165) is 44.2 Å². The van der Waals surface area contributed by atoms with E-state index in [1.165, 1.54) is 0 Å². The van der Waals surface area contributed by atoms with Gasteiger partial charge in [0.05, 0.1) is 28.1 Å². The van der Waals surface area contributed by atoms with Crippen molar-refractivity contribution < 1.29 is 10.2 Å². The van der Waals surface area contributed by atoms with Crippen molar-refractivity contribution in [3.05, 3.63) is 115 Å². The molecule has 3 aromatic carbocycles. The van der Waals surface area contributed by atoms with Gasteiger partial charge < -0.3 is 15.2 Å². The van der Waals surface area contributed by atoms with Crippen LogP contribution in [0.3, 0.4) is 0 Å². The summed E-state index contributed by atoms with van der Waals surface area (Å²) in [5, 5.41) is 25.1. The van der Waals surface area contributed by atoms with Crippen LogP contribution >= 0.6 is 0 Å². The van der Waals surface area contributed by atoms with Gasteiger partial charge in [-0.3, -0.25) is 4.98 Å². The zero-order chi connectivity index (χ0) is 33.1. The fraction of sp³-hybridized carbons (Fsp3) is 0.195. The van der Waals surface area contributed by atoms with Gasteiger partial charge >= 0.3 is 0 Å². The lowest BCUT2D eigenvalue weighted by Crippen LogP contribution is -2.11. The van der Waals surface area contributed by atoms with Crippen molar-refractivity contribution in [2.24, 2.45) is 0 Å². The molecular weight excluding hydrogens is 580 g/mol. The molecule has 0 aliphatic carbocycles. The third kappa shape index (κ3) is 5.50. The highest BCUT2D eigenvalue weighted by molar-refractivity contribution is 6.04. The van der Waals surface area contributed by atoms with E-state index in [0.29, 0.717) is 33.8 Å². The summed E-state index contributed by atoms with van der Waals surface area (Å²) in [6.45, 7) is 13.0. The van der Waals surface area contributed by atoms with Crippen molar-refractivity contribution in [2.75, 3.05) is 0 Å². The van der Waals surface area contributed by atoms with Gasteiger partial charge in [-0.2, -0.15) is 0 Å². The van der Waals surface area contributed by atoms with E-state index in [-0.39, 0.29) is 22.3 Å². The highest BCUT2D eigenvalue weighted by atomic mass is 16.3. The Labute approximate surface area is 274 Å². The number of phenolic OH excluding ortho intramolecular Hbond substituents is 2. The Hall–Kier alpha value is -5.49. The monoisotopic (exact) mass is 618 g/mol. The number of H-pyrrole nitrogens is 1. The Morgan fingerprint density at radius 3 is 1.49 bits per heavy atom. The molecule has 0 amide bonds. The van der Waals surface area contributed by atoms with E-state index in [1.807, 2.05) is 97.2 Å². The van der Waals surface area contributed by atoms with E-state index in [1.54, 1.807) is 6.20 Å². The molecular formula is C41H38N4O2. The van der Waals surface area contributed by atoms with Gasteiger partial charge in [-0.1, -0.05) is 71.9 Å². The molecule has 0 aliphatic heterocycles. The van der Waals surface area contributed by atoms with Gasteiger partial charge in [0.15, 0.2) is 0 Å². The minimum Gasteiger partial charge on any atom is -0.507 e. The molecule has 4 aromatic heterocycles. The molecule has 4 heterocycles. The van der Waals surface area contributed by atoms with E-state index in [2.05, 4.69) is 51.5 Å². The summed E-state index contributed by atoms with van der Waals surface area (Å²) >= 11 is 0. The molecule has 0 saturated heterocycles. The fourth-order valence-corrected chi connectivity index (χ4v) is 6.01. The van der Waals surface area contributed by atoms with Gasteiger partial charge in [-0.25, -0.2) is 9.97 Å². The van der Waals surface area contributed by atoms with Gasteiger partial charge in [0, 0.05) is 51.1 Å². The van der Waals surface area contributed by atoms with Crippen LogP contribution in [0.1, 0.15) is 52.7 Å². The molecule has 3 N–H and O–H groups in total. The maximum Gasteiger partial charge on any atom is 0.134 e. The Kier molecular flexibility index (Phi) is 7.12. The number of aromatic nitrogens is 4. The average molecular weight is 619 g/mol. The standard InChI is InChI=1S/C41H38N4O2/c1-40(2,3)26-20-28(32-10-7-8-18-42-32)38(46)30(22-26)34-16-14-24-12-13-25-15-17-35(45-37(25)36(24)44-34)31-23-27(41(4,5)6)21-29(39(31)47)33-11-9-19-43-33/h7-23,43,46-47H,1-6H3. The second kappa shape index (κ2) is 11.1. The maximum atomic E-state index is 11.7. The highest BCUT2D eigenvalue weighted by Crippen LogP contribution is 2.43. The van der Waals surface area contributed by atoms with E-state index in [9.17, 15) is 10.2 Å². The van der Waals surface area contributed by atoms with Crippen LogP contribution in [-0.2, 0) is 10.8 Å². The molecule has 6 nitrogen and oxygen atoms in total. The lowest BCUT2D eigenvalue weighted by molar-refractivity contribution is 0.477. The second-order valence-electron chi connectivity index (χ2n) is 14.2. The van der Waals surface area contributed by atoms with Crippen LogP contribution in [0.4, 0.5) is 0 Å². The van der Waals surface area contributed by atoms with E-state index in [4.69, 9.17) is 9.97 Å². The number of hydrogen-bond acceptors (Lipinski definition) is 5. The third-order valence-electron chi connectivity index (χ3n) is 8.85. The summed E-state index contributed by atoms with van der Waals surface area (Å²) in [6.07, 6.45) is 3.59. The van der Waals surface area contributed by atoms with Gasteiger partial charge in [0.2, 0.25) is 0 Å². The van der Waals surface area contributed by atoms with Crippen LogP contribution < -0.4 is 0 Å². The molecule has 0 unspecified atom stereocenters. The Morgan fingerprint density at radius 1 is 0.532 bits per heavy atom. The zero-order valence-corrected chi connectivity index (χ0v) is 27.6. The van der Waals surface area contributed by atoms with E-state index >= 15 is 0 Å². The molecule has 234 valence electrons. The first-order valence-electron chi connectivity index (χ1n) is 15.9. The van der Waals surface area contributed by atoms with Crippen molar-refractivity contribution >= 4 is 21.8 Å². The number of phenols is 2. The first kappa shape index (κ1) is 30.2. The summed E-state index contributed by atoms with van der Waals surface area (Å²) < 4.78 is 0. The summed E-state index contributed by atoms with van der Waals surface area (Å²) in [6, 6.07) is 29.8. The smallest absolute Gasteiger partial charge is 0.134 e. The predicted octanol–water partition coefficient (Wildman–Crippen LogP) is 10.2. The minimum absolute atomic E-state index is 0.137. The fourth-order valence-electron chi connectivity index (χ4n) is 6.01. The minimum atomic E-state index is -0.172. The van der Waals surface area contributed by atoms with Crippen molar-refractivity contribution in [3.8, 4) is 56.5 Å². The Bertz CT molecular complexity index is 2280. The molecule has 7 rings (SSSR count). The number of benzene rings is 3. The largest absolute Gasteiger partial charge is 0.507 e. The lowest BCUT2D eigenvalue weighted by atomic mass is 9.83. The topological polar surface area (TPSA) is 94.9 Å². The first-order chi connectivity index (χ1) is 22.4.